The van der Waals surface area contributed by atoms with Gasteiger partial charge in [0.1, 0.15) is 0 Å². The highest BCUT2D eigenvalue weighted by Gasteiger charge is 2.36. The molecule has 0 fully saturated rings. The van der Waals surface area contributed by atoms with E-state index in [2.05, 4.69) is 22.6 Å². The average Bonchev–Trinajstić information content (AvgIpc) is 2.61. The quantitative estimate of drug-likeness (QED) is 0.556. The van der Waals surface area contributed by atoms with E-state index in [9.17, 15) is 9.59 Å². The second-order valence-electron chi connectivity index (χ2n) is 4.12. The summed E-state index contributed by atoms with van der Waals surface area (Å²) in [5, 5.41) is 0.449. The predicted octanol–water partition coefficient (Wildman–Crippen LogP) is 3.75. The highest BCUT2D eigenvalue weighted by atomic mass is 127. The van der Waals surface area contributed by atoms with Gasteiger partial charge in [0.15, 0.2) is 0 Å². The number of hydrogen-bond acceptors (Lipinski definition) is 2. The van der Waals surface area contributed by atoms with Gasteiger partial charge in [-0.2, -0.15) is 0 Å². The van der Waals surface area contributed by atoms with Crippen molar-refractivity contribution in [1.82, 2.24) is 0 Å². The third-order valence-corrected chi connectivity index (χ3v) is 3.82. The predicted molar refractivity (Wildman–Crippen MR) is 81.8 cm³/mol. The number of fused-ring (bicyclic) bond motifs is 1. The summed E-state index contributed by atoms with van der Waals surface area (Å²) in [5.74, 6) is -0.636. The maximum absolute atomic E-state index is 12.3. The fourth-order valence-electron chi connectivity index (χ4n) is 2.06. The van der Waals surface area contributed by atoms with Gasteiger partial charge in [0.2, 0.25) is 0 Å². The summed E-state index contributed by atoms with van der Waals surface area (Å²) in [6.45, 7) is 0. The molecule has 0 unspecified atom stereocenters. The standard InChI is InChI=1S/C14H7ClINO2/c15-8-4-5-11-12(6-8)14(19)17(13(11)18)10-3-1-2-9(16)7-10/h1-7H. The first-order chi connectivity index (χ1) is 9.08. The first kappa shape index (κ1) is 12.6. The van der Waals surface area contributed by atoms with Crippen LogP contribution in [0.4, 0.5) is 5.69 Å². The molecular formula is C14H7ClINO2. The molecule has 19 heavy (non-hydrogen) atoms. The van der Waals surface area contributed by atoms with Gasteiger partial charge >= 0.3 is 0 Å². The Bertz CT molecular complexity index is 714. The summed E-state index contributed by atoms with van der Waals surface area (Å²) >= 11 is 8.01. The Morgan fingerprint density at radius 1 is 0.947 bits per heavy atom. The van der Waals surface area contributed by atoms with Crippen molar-refractivity contribution in [3.8, 4) is 0 Å². The van der Waals surface area contributed by atoms with E-state index in [1.807, 2.05) is 12.1 Å². The molecule has 0 spiro atoms. The van der Waals surface area contributed by atoms with E-state index in [1.165, 1.54) is 11.0 Å². The van der Waals surface area contributed by atoms with Crippen molar-refractivity contribution < 1.29 is 9.59 Å². The summed E-state index contributed by atoms with van der Waals surface area (Å²) in [6, 6.07) is 12.0. The van der Waals surface area contributed by atoms with Gasteiger partial charge in [0, 0.05) is 8.59 Å². The van der Waals surface area contributed by atoms with Gasteiger partial charge in [-0.05, 0) is 59.0 Å². The van der Waals surface area contributed by atoms with Crippen molar-refractivity contribution in [2.45, 2.75) is 0 Å². The van der Waals surface area contributed by atoms with E-state index in [0.717, 1.165) is 3.57 Å². The SMILES string of the molecule is O=C1c2ccc(Cl)cc2C(=O)N1c1cccc(I)c1. The van der Waals surface area contributed by atoms with Gasteiger partial charge in [0.05, 0.1) is 16.8 Å². The Balaban J connectivity index is 2.13. The number of carbonyl (C=O) groups is 2. The Kier molecular flexibility index (Phi) is 3.06. The van der Waals surface area contributed by atoms with Crippen molar-refractivity contribution in [1.29, 1.82) is 0 Å². The Morgan fingerprint density at radius 3 is 2.42 bits per heavy atom. The summed E-state index contributed by atoms with van der Waals surface area (Å²) < 4.78 is 0.963. The zero-order chi connectivity index (χ0) is 13.6. The van der Waals surface area contributed by atoms with E-state index in [-0.39, 0.29) is 11.8 Å². The smallest absolute Gasteiger partial charge is 0.266 e. The molecule has 2 aromatic carbocycles. The van der Waals surface area contributed by atoms with E-state index >= 15 is 0 Å². The van der Waals surface area contributed by atoms with Gasteiger partial charge < -0.3 is 0 Å². The van der Waals surface area contributed by atoms with Crippen LogP contribution in [-0.4, -0.2) is 11.8 Å². The summed E-state index contributed by atoms with van der Waals surface area (Å²) in [7, 11) is 0. The molecule has 5 heteroatoms. The normalized spacial score (nSPS) is 13.9. The van der Waals surface area contributed by atoms with Crippen LogP contribution in [-0.2, 0) is 0 Å². The number of hydrogen-bond donors (Lipinski definition) is 0. The van der Waals surface area contributed by atoms with Crippen LogP contribution < -0.4 is 4.90 Å². The molecule has 0 saturated carbocycles. The lowest BCUT2D eigenvalue weighted by atomic mass is 10.1. The third kappa shape index (κ3) is 2.04. The van der Waals surface area contributed by atoms with Crippen molar-refractivity contribution in [3.63, 3.8) is 0 Å². The molecule has 0 atom stereocenters. The van der Waals surface area contributed by atoms with Gasteiger partial charge in [-0.25, -0.2) is 4.90 Å². The zero-order valence-electron chi connectivity index (χ0n) is 9.56. The van der Waals surface area contributed by atoms with Crippen molar-refractivity contribution in [2.24, 2.45) is 0 Å². The van der Waals surface area contributed by atoms with E-state index in [1.54, 1.807) is 24.3 Å². The lowest BCUT2D eigenvalue weighted by molar-refractivity contribution is 0.0926. The number of halogens is 2. The average molecular weight is 384 g/mol. The van der Waals surface area contributed by atoms with Gasteiger partial charge in [-0.3, -0.25) is 9.59 Å². The van der Waals surface area contributed by atoms with Crippen molar-refractivity contribution in [2.75, 3.05) is 4.90 Å². The monoisotopic (exact) mass is 383 g/mol. The number of anilines is 1. The molecule has 2 aromatic rings. The number of carbonyl (C=O) groups excluding carboxylic acids is 2. The maximum Gasteiger partial charge on any atom is 0.266 e. The molecular weight excluding hydrogens is 377 g/mol. The molecule has 94 valence electrons. The lowest BCUT2D eigenvalue weighted by Crippen LogP contribution is -2.29. The fraction of sp³-hybridized carbons (Fsp3) is 0. The number of imide groups is 1. The second-order valence-corrected chi connectivity index (χ2v) is 5.80. The molecule has 0 aromatic heterocycles. The van der Waals surface area contributed by atoms with Crippen molar-refractivity contribution >= 4 is 51.7 Å². The number of rotatable bonds is 1. The first-order valence-corrected chi connectivity index (χ1v) is 6.97. The molecule has 0 saturated heterocycles. The van der Waals surface area contributed by atoms with Gasteiger partial charge in [-0.15, -0.1) is 0 Å². The third-order valence-electron chi connectivity index (χ3n) is 2.92. The van der Waals surface area contributed by atoms with Crippen molar-refractivity contribution in [3.05, 3.63) is 62.2 Å². The van der Waals surface area contributed by atoms with E-state index < -0.39 is 0 Å². The van der Waals surface area contributed by atoms with Crippen LogP contribution in [0.2, 0.25) is 5.02 Å². The zero-order valence-corrected chi connectivity index (χ0v) is 12.5. The first-order valence-electron chi connectivity index (χ1n) is 5.52. The number of nitrogens with zero attached hydrogens (tertiary/aromatic N) is 1. The number of amides is 2. The summed E-state index contributed by atoms with van der Waals surface area (Å²) in [5.41, 5.74) is 1.33. The topological polar surface area (TPSA) is 37.4 Å². The Hall–Kier alpha value is -1.40. The van der Waals surface area contributed by atoms with E-state index in [0.29, 0.717) is 21.8 Å². The maximum atomic E-state index is 12.3. The largest absolute Gasteiger partial charge is 0.268 e. The van der Waals surface area contributed by atoms with Crippen LogP contribution >= 0.6 is 34.2 Å². The Labute approximate surface area is 128 Å². The van der Waals surface area contributed by atoms with Crippen LogP contribution in [0.5, 0.6) is 0 Å². The highest BCUT2D eigenvalue weighted by molar-refractivity contribution is 14.1. The molecule has 0 bridgehead atoms. The van der Waals surface area contributed by atoms with Crippen LogP contribution in [0.1, 0.15) is 20.7 Å². The second kappa shape index (κ2) is 4.61. The molecule has 0 aliphatic carbocycles. The minimum atomic E-state index is -0.329. The van der Waals surface area contributed by atoms with Crippen LogP contribution in [0.15, 0.2) is 42.5 Å². The molecule has 1 heterocycles. The van der Waals surface area contributed by atoms with Gasteiger partial charge in [-0.1, -0.05) is 17.7 Å². The fourth-order valence-corrected chi connectivity index (χ4v) is 2.76. The molecule has 3 rings (SSSR count). The summed E-state index contributed by atoms with van der Waals surface area (Å²) in [4.78, 5) is 25.8. The summed E-state index contributed by atoms with van der Waals surface area (Å²) in [6.07, 6.45) is 0. The van der Waals surface area contributed by atoms with Gasteiger partial charge in [0.25, 0.3) is 11.8 Å². The van der Waals surface area contributed by atoms with E-state index in [4.69, 9.17) is 11.6 Å². The van der Waals surface area contributed by atoms with Crippen LogP contribution in [0.3, 0.4) is 0 Å². The molecule has 3 nitrogen and oxygen atoms in total. The molecule has 2 amide bonds. The molecule has 0 N–H and O–H groups in total. The highest BCUT2D eigenvalue weighted by Crippen LogP contribution is 2.30. The lowest BCUT2D eigenvalue weighted by Gasteiger charge is -2.13. The number of benzene rings is 2. The molecule has 1 aliphatic rings. The molecule has 0 radical (unpaired) electrons. The minimum absolute atomic E-state index is 0.307. The Morgan fingerprint density at radius 2 is 1.68 bits per heavy atom. The molecule has 1 aliphatic heterocycles. The van der Waals surface area contributed by atoms with Crippen LogP contribution in [0, 0.1) is 3.57 Å². The minimum Gasteiger partial charge on any atom is -0.268 e. The van der Waals surface area contributed by atoms with Crippen LogP contribution in [0.25, 0.3) is 0 Å².